The number of nitrogens with zero attached hydrogens (tertiary/aromatic N) is 5. The molecule has 1 saturated heterocycles. The summed E-state index contributed by atoms with van der Waals surface area (Å²) in [7, 11) is 0. The van der Waals surface area contributed by atoms with Crippen molar-refractivity contribution in [3.63, 3.8) is 0 Å². The van der Waals surface area contributed by atoms with Gasteiger partial charge in [0.25, 0.3) is 5.91 Å². The molecule has 3 aromatic rings. The molecule has 1 aliphatic rings. The lowest BCUT2D eigenvalue weighted by Crippen LogP contribution is -2.35. The van der Waals surface area contributed by atoms with E-state index in [-0.39, 0.29) is 5.91 Å². The highest BCUT2D eigenvalue weighted by atomic mass is 16.3. The van der Waals surface area contributed by atoms with Gasteiger partial charge in [-0.05, 0) is 32.4 Å². The van der Waals surface area contributed by atoms with Crippen LogP contribution in [0.1, 0.15) is 33.9 Å². The fourth-order valence-electron chi connectivity index (χ4n) is 3.50. The number of carbonyl (C=O) groups excluding carboxylic acids is 1. The minimum atomic E-state index is 0.0323. The van der Waals surface area contributed by atoms with Crippen molar-refractivity contribution in [2.75, 3.05) is 26.2 Å². The fraction of sp³-hybridized carbons (Fsp3) is 0.421. The van der Waals surface area contributed by atoms with Crippen molar-refractivity contribution >= 4 is 11.6 Å². The summed E-state index contributed by atoms with van der Waals surface area (Å²) in [5.41, 5.74) is 3.13. The molecule has 4 heterocycles. The summed E-state index contributed by atoms with van der Waals surface area (Å²) in [6, 6.07) is 5.82. The van der Waals surface area contributed by atoms with Gasteiger partial charge in [-0.2, -0.15) is 5.10 Å². The molecule has 0 aromatic carbocycles. The van der Waals surface area contributed by atoms with Crippen LogP contribution in [0.3, 0.4) is 0 Å². The zero-order valence-corrected chi connectivity index (χ0v) is 15.2. The molecule has 1 aliphatic heterocycles. The molecule has 0 spiro atoms. The Morgan fingerprint density at radius 1 is 1.23 bits per heavy atom. The normalized spacial score (nSPS) is 16.2. The van der Waals surface area contributed by atoms with Gasteiger partial charge in [-0.15, -0.1) is 0 Å². The van der Waals surface area contributed by atoms with Crippen molar-refractivity contribution in [1.82, 2.24) is 24.4 Å². The molecule has 7 nitrogen and oxygen atoms in total. The number of carbonyl (C=O) groups is 1. The van der Waals surface area contributed by atoms with Gasteiger partial charge in [-0.25, -0.2) is 9.50 Å². The molecule has 4 rings (SSSR count). The van der Waals surface area contributed by atoms with E-state index in [0.717, 1.165) is 55.4 Å². The maximum absolute atomic E-state index is 13.1. The van der Waals surface area contributed by atoms with E-state index >= 15 is 0 Å². The minimum absolute atomic E-state index is 0.0323. The van der Waals surface area contributed by atoms with Crippen LogP contribution < -0.4 is 0 Å². The molecule has 0 N–H and O–H groups in total. The van der Waals surface area contributed by atoms with E-state index in [1.165, 1.54) is 0 Å². The average Bonchev–Trinajstić information content (AvgIpc) is 3.20. The second kappa shape index (κ2) is 6.92. The zero-order chi connectivity index (χ0) is 18.1. The maximum atomic E-state index is 13.1. The summed E-state index contributed by atoms with van der Waals surface area (Å²) in [6.45, 7) is 7.89. The number of aromatic nitrogens is 3. The van der Waals surface area contributed by atoms with E-state index in [1.54, 1.807) is 17.0 Å². The lowest BCUT2D eigenvalue weighted by Gasteiger charge is -2.22. The molecule has 0 saturated carbocycles. The molecule has 136 valence electrons. The van der Waals surface area contributed by atoms with Crippen LogP contribution in [0.2, 0.25) is 0 Å². The van der Waals surface area contributed by atoms with Gasteiger partial charge in [0.05, 0.1) is 29.8 Å². The van der Waals surface area contributed by atoms with Gasteiger partial charge in [-0.1, -0.05) is 0 Å². The summed E-state index contributed by atoms with van der Waals surface area (Å²) in [4.78, 5) is 21.7. The largest absolute Gasteiger partial charge is 0.468 e. The van der Waals surface area contributed by atoms with E-state index in [9.17, 15) is 4.79 Å². The van der Waals surface area contributed by atoms with Gasteiger partial charge in [0.1, 0.15) is 5.76 Å². The zero-order valence-electron chi connectivity index (χ0n) is 15.2. The van der Waals surface area contributed by atoms with Crippen molar-refractivity contribution in [3.05, 3.63) is 53.4 Å². The number of rotatable bonds is 3. The van der Waals surface area contributed by atoms with Gasteiger partial charge < -0.3 is 9.32 Å². The quantitative estimate of drug-likeness (QED) is 0.723. The molecule has 1 fully saturated rings. The van der Waals surface area contributed by atoms with Gasteiger partial charge in [0.2, 0.25) is 0 Å². The van der Waals surface area contributed by atoms with Gasteiger partial charge >= 0.3 is 0 Å². The third kappa shape index (κ3) is 3.22. The first-order valence-corrected chi connectivity index (χ1v) is 8.98. The Bertz CT molecular complexity index is 916. The molecule has 3 aromatic heterocycles. The number of aryl methyl sites for hydroxylation is 2. The standard InChI is InChI=1S/C19H23N5O2/c1-14-11-18-20-12-17(15(2)24(18)21-14)19(25)23-7-4-6-22(8-9-23)13-16-5-3-10-26-16/h3,5,10-12H,4,6-9,13H2,1-2H3. The highest BCUT2D eigenvalue weighted by Crippen LogP contribution is 2.16. The summed E-state index contributed by atoms with van der Waals surface area (Å²) in [6.07, 6.45) is 4.33. The molecular weight excluding hydrogens is 330 g/mol. The SMILES string of the molecule is Cc1cc2ncc(C(=O)N3CCCN(Cc4ccco4)CC3)c(C)n2n1. The predicted octanol–water partition coefficient (Wildman–Crippen LogP) is 2.29. The molecule has 0 unspecified atom stereocenters. The molecular formula is C19H23N5O2. The Hall–Kier alpha value is -2.67. The second-order valence-corrected chi connectivity index (χ2v) is 6.81. The van der Waals surface area contributed by atoms with Crippen LogP contribution in [0, 0.1) is 13.8 Å². The topological polar surface area (TPSA) is 66.9 Å². The van der Waals surface area contributed by atoms with Crippen molar-refractivity contribution < 1.29 is 9.21 Å². The Balaban J connectivity index is 1.49. The Morgan fingerprint density at radius 2 is 2.12 bits per heavy atom. The minimum Gasteiger partial charge on any atom is -0.468 e. The van der Waals surface area contributed by atoms with Crippen molar-refractivity contribution in [1.29, 1.82) is 0 Å². The monoisotopic (exact) mass is 353 g/mol. The lowest BCUT2D eigenvalue weighted by atomic mass is 10.2. The van der Waals surface area contributed by atoms with Crippen LogP contribution in [-0.2, 0) is 6.54 Å². The number of fused-ring (bicyclic) bond motifs is 1. The van der Waals surface area contributed by atoms with Crippen LogP contribution in [0.25, 0.3) is 5.65 Å². The lowest BCUT2D eigenvalue weighted by molar-refractivity contribution is 0.0759. The Morgan fingerprint density at radius 3 is 2.92 bits per heavy atom. The Labute approximate surface area is 152 Å². The third-order valence-electron chi connectivity index (χ3n) is 4.91. The third-order valence-corrected chi connectivity index (χ3v) is 4.91. The molecule has 0 aliphatic carbocycles. The number of amides is 1. The van der Waals surface area contributed by atoms with E-state index < -0.39 is 0 Å². The first kappa shape index (κ1) is 16.8. The van der Waals surface area contributed by atoms with E-state index in [4.69, 9.17) is 4.42 Å². The predicted molar refractivity (Wildman–Crippen MR) is 97.0 cm³/mol. The first-order valence-electron chi connectivity index (χ1n) is 8.98. The van der Waals surface area contributed by atoms with Crippen LogP contribution in [0.15, 0.2) is 35.1 Å². The number of hydrogen-bond donors (Lipinski definition) is 0. The van der Waals surface area contributed by atoms with Crippen LogP contribution in [-0.4, -0.2) is 56.5 Å². The van der Waals surface area contributed by atoms with Gasteiger partial charge in [0, 0.05) is 38.4 Å². The van der Waals surface area contributed by atoms with Crippen LogP contribution >= 0.6 is 0 Å². The highest BCUT2D eigenvalue weighted by molar-refractivity contribution is 5.95. The van der Waals surface area contributed by atoms with Crippen molar-refractivity contribution in [2.24, 2.45) is 0 Å². The Kier molecular flexibility index (Phi) is 4.46. The summed E-state index contributed by atoms with van der Waals surface area (Å²) in [5.74, 6) is 0.995. The van der Waals surface area contributed by atoms with E-state index in [0.29, 0.717) is 12.1 Å². The smallest absolute Gasteiger partial charge is 0.257 e. The van der Waals surface area contributed by atoms with Crippen LogP contribution in [0.5, 0.6) is 0 Å². The average molecular weight is 353 g/mol. The fourth-order valence-corrected chi connectivity index (χ4v) is 3.50. The molecule has 7 heteroatoms. The van der Waals surface area contributed by atoms with Crippen molar-refractivity contribution in [2.45, 2.75) is 26.8 Å². The van der Waals surface area contributed by atoms with E-state index in [1.807, 2.05) is 36.9 Å². The summed E-state index contributed by atoms with van der Waals surface area (Å²) < 4.78 is 7.19. The summed E-state index contributed by atoms with van der Waals surface area (Å²) in [5, 5.41) is 4.44. The van der Waals surface area contributed by atoms with Crippen LogP contribution in [0.4, 0.5) is 0 Å². The highest BCUT2D eigenvalue weighted by Gasteiger charge is 2.23. The number of furan rings is 1. The first-order chi connectivity index (χ1) is 12.6. The van der Waals surface area contributed by atoms with Crippen molar-refractivity contribution in [3.8, 4) is 0 Å². The summed E-state index contributed by atoms with van der Waals surface area (Å²) >= 11 is 0. The maximum Gasteiger partial charge on any atom is 0.257 e. The van der Waals surface area contributed by atoms with Gasteiger partial charge in [0.15, 0.2) is 5.65 Å². The molecule has 0 radical (unpaired) electrons. The number of hydrogen-bond acceptors (Lipinski definition) is 5. The van der Waals surface area contributed by atoms with Gasteiger partial charge in [-0.3, -0.25) is 9.69 Å². The van der Waals surface area contributed by atoms with E-state index in [2.05, 4.69) is 15.0 Å². The molecule has 26 heavy (non-hydrogen) atoms. The molecule has 0 atom stereocenters. The molecule has 0 bridgehead atoms. The second-order valence-electron chi connectivity index (χ2n) is 6.81. The molecule has 1 amide bonds.